The molecule has 0 amide bonds. The van der Waals surface area contributed by atoms with Crippen LogP contribution in [0.1, 0.15) is 19.8 Å². The lowest BCUT2D eigenvalue weighted by molar-refractivity contribution is 0.666. The summed E-state index contributed by atoms with van der Waals surface area (Å²) in [5.74, 6) is 0.373. The molecule has 3 N–H and O–H groups in total. The van der Waals surface area contributed by atoms with Crippen molar-refractivity contribution in [2.75, 3.05) is 5.75 Å². The Morgan fingerprint density at radius 1 is 1.80 bits per heavy atom. The standard InChI is InChI=1S/C6H14N2OS/c1-5(7)4-10(8,9)6-2-3-6/h5-6,8H,2-4,7H2,1H3/t5-,10?/m0/s1. The summed E-state index contributed by atoms with van der Waals surface area (Å²) in [7, 11) is -2.31. The highest BCUT2D eigenvalue weighted by Crippen LogP contribution is 2.29. The summed E-state index contributed by atoms with van der Waals surface area (Å²) in [6, 6.07) is -0.0920. The summed E-state index contributed by atoms with van der Waals surface area (Å²) in [4.78, 5) is 0. The highest BCUT2D eigenvalue weighted by Gasteiger charge is 2.32. The molecule has 1 aliphatic carbocycles. The molecule has 1 saturated carbocycles. The minimum Gasteiger partial charge on any atom is -0.327 e. The average molecular weight is 162 g/mol. The molecule has 0 bridgehead atoms. The first-order chi connectivity index (χ1) is 4.52. The van der Waals surface area contributed by atoms with E-state index in [-0.39, 0.29) is 11.3 Å². The summed E-state index contributed by atoms with van der Waals surface area (Å²) in [5.41, 5.74) is 5.44. The Balaban J connectivity index is 2.51. The van der Waals surface area contributed by atoms with Gasteiger partial charge in [-0.2, -0.15) is 0 Å². The number of rotatable bonds is 3. The van der Waals surface area contributed by atoms with Crippen molar-refractivity contribution in [1.82, 2.24) is 0 Å². The van der Waals surface area contributed by atoms with E-state index in [1.165, 1.54) is 0 Å². The van der Waals surface area contributed by atoms with Crippen LogP contribution in [0, 0.1) is 4.78 Å². The zero-order valence-electron chi connectivity index (χ0n) is 6.17. The Morgan fingerprint density at radius 3 is 2.60 bits per heavy atom. The molecule has 0 spiro atoms. The lowest BCUT2D eigenvalue weighted by Gasteiger charge is -2.07. The van der Waals surface area contributed by atoms with E-state index in [0.717, 1.165) is 12.8 Å². The van der Waals surface area contributed by atoms with Gasteiger partial charge in [0.05, 0.1) is 0 Å². The molecule has 1 aliphatic rings. The van der Waals surface area contributed by atoms with E-state index in [9.17, 15) is 4.21 Å². The van der Waals surface area contributed by atoms with Gasteiger partial charge in [0.25, 0.3) is 0 Å². The molecule has 2 atom stereocenters. The summed E-state index contributed by atoms with van der Waals surface area (Å²) < 4.78 is 18.8. The van der Waals surface area contributed by atoms with E-state index in [4.69, 9.17) is 10.5 Å². The van der Waals surface area contributed by atoms with E-state index in [0.29, 0.717) is 5.75 Å². The molecule has 0 aromatic carbocycles. The van der Waals surface area contributed by atoms with Crippen LogP contribution in [0.2, 0.25) is 0 Å². The number of hydrogen-bond donors (Lipinski definition) is 2. The van der Waals surface area contributed by atoms with Crippen LogP contribution in [-0.4, -0.2) is 21.3 Å². The third-order valence-corrected chi connectivity index (χ3v) is 4.14. The number of nitrogens with one attached hydrogen (secondary N) is 1. The molecular weight excluding hydrogens is 148 g/mol. The number of hydrogen-bond acceptors (Lipinski definition) is 3. The minimum absolute atomic E-state index is 0.0920. The summed E-state index contributed by atoms with van der Waals surface area (Å²) in [6.45, 7) is 1.80. The van der Waals surface area contributed by atoms with Crippen LogP contribution in [-0.2, 0) is 9.73 Å². The molecule has 1 fully saturated rings. The summed E-state index contributed by atoms with van der Waals surface area (Å²) >= 11 is 0. The third kappa shape index (κ3) is 1.95. The van der Waals surface area contributed by atoms with E-state index >= 15 is 0 Å². The van der Waals surface area contributed by atoms with Gasteiger partial charge in [0.1, 0.15) is 0 Å². The molecular formula is C6H14N2OS. The molecule has 1 rings (SSSR count). The molecule has 4 heteroatoms. The second-order valence-electron chi connectivity index (χ2n) is 3.07. The Kier molecular flexibility index (Phi) is 2.01. The molecule has 60 valence electrons. The van der Waals surface area contributed by atoms with Gasteiger partial charge in [0.2, 0.25) is 0 Å². The normalized spacial score (nSPS) is 27.4. The molecule has 0 saturated heterocycles. The van der Waals surface area contributed by atoms with Crippen molar-refractivity contribution in [2.24, 2.45) is 5.73 Å². The van der Waals surface area contributed by atoms with Crippen molar-refractivity contribution in [3.05, 3.63) is 0 Å². The van der Waals surface area contributed by atoms with Gasteiger partial charge < -0.3 is 5.73 Å². The van der Waals surface area contributed by atoms with Crippen molar-refractivity contribution in [3.8, 4) is 0 Å². The molecule has 0 radical (unpaired) electrons. The average Bonchev–Trinajstić information content (AvgIpc) is 2.35. The van der Waals surface area contributed by atoms with Crippen LogP contribution in [0.4, 0.5) is 0 Å². The van der Waals surface area contributed by atoms with Gasteiger partial charge in [0.15, 0.2) is 0 Å². The fourth-order valence-corrected chi connectivity index (χ4v) is 2.93. The molecule has 10 heavy (non-hydrogen) atoms. The lowest BCUT2D eigenvalue weighted by atomic mass is 10.4. The Morgan fingerprint density at radius 2 is 2.30 bits per heavy atom. The molecule has 1 unspecified atom stereocenters. The largest absolute Gasteiger partial charge is 0.327 e. The van der Waals surface area contributed by atoms with Crippen molar-refractivity contribution in [3.63, 3.8) is 0 Å². The zero-order chi connectivity index (χ0) is 7.78. The SMILES string of the molecule is C[C@H](N)CS(=N)(=O)C1CC1. The van der Waals surface area contributed by atoms with Crippen molar-refractivity contribution in [2.45, 2.75) is 31.1 Å². The molecule has 0 aliphatic heterocycles. The topological polar surface area (TPSA) is 66.9 Å². The Hall–Kier alpha value is -0.0900. The fraction of sp³-hybridized carbons (Fsp3) is 1.00. The van der Waals surface area contributed by atoms with Crippen molar-refractivity contribution < 1.29 is 4.21 Å². The molecule has 0 aromatic heterocycles. The van der Waals surface area contributed by atoms with Gasteiger partial charge >= 0.3 is 0 Å². The third-order valence-electron chi connectivity index (χ3n) is 1.57. The van der Waals surface area contributed by atoms with Crippen LogP contribution >= 0.6 is 0 Å². The lowest BCUT2D eigenvalue weighted by Crippen LogP contribution is -2.27. The first kappa shape index (κ1) is 8.01. The van der Waals surface area contributed by atoms with Crippen LogP contribution in [0.5, 0.6) is 0 Å². The molecule has 0 heterocycles. The van der Waals surface area contributed by atoms with Gasteiger partial charge in [-0.1, -0.05) is 0 Å². The predicted molar refractivity (Wildman–Crippen MR) is 42.4 cm³/mol. The maximum atomic E-state index is 11.3. The maximum absolute atomic E-state index is 11.3. The smallest absolute Gasteiger partial charge is 0.0485 e. The fourth-order valence-electron chi connectivity index (χ4n) is 0.975. The molecule has 0 aromatic rings. The Bertz CT molecular complexity index is 204. The van der Waals surface area contributed by atoms with Crippen LogP contribution < -0.4 is 5.73 Å². The maximum Gasteiger partial charge on any atom is 0.0485 e. The second-order valence-corrected chi connectivity index (χ2v) is 5.52. The first-order valence-corrected chi connectivity index (χ1v) is 5.32. The molecule has 3 nitrogen and oxygen atoms in total. The van der Waals surface area contributed by atoms with Crippen molar-refractivity contribution >= 4 is 9.73 Å². The van der Waals surface area contributed by atoms with Crippen LogP contribution in [0.25, 0.3) is 0 Å². The quantitative estimate of drug-likeness (QED) is 0.636. The van der Waals surface area contributed by atoms with Crippen molar-refractivity contribution in [1.29, 1.82) is 4.78 Å². The van der Waals surface area contributed by atoms with Gasteiger partial charge in [-0.05, 0) is 19.8 Å². The van der Waals surface area contributed by atoms with E-state index in [2.05, 4.69) is 0 Å². The van der Waals surface area contributed by atoms with E-state index < -0.39 is 9.73 Å². The zero-order valence-corrected chi connectivity index (χ0v) is 6.99. The van der Waals surface area contributed by atoms with Crippen LogP contribution in [0.15, 0.2) is 0 Å². The highest BCUT2D eigenvalue weighted by molar-refractivity contribution is 7.93. The van der Waals surface area contributed by atoms with Gasteiger partial charge in [-0.25, -0.2) is 4.21 Å². The Labute approximate surface area is 62.0 Å². The van der Waals surface area contributed by atoms with E-state index in [1.807, 2.05) is 0 Å². The first-order valence-electron chi connectivity index (χ1n) is 3.53. The predicted octanol–water partition coefficient (Wildman–Crippen LogP) is 0.543. The second kappa shape index (κ2) is 2.51. The summed E-state index contributed by atoms with van der Waals surface area (Å²) in [6.07, 6.45) is 1.93. The summed E-state index contributed by atoms with van der Waals surface area (Å²) in [5, 5.41) is 0.165. The van der Waals surface area contributed by atoms with Gasteiger partial charge in [0, 0.05) is 26.8 Å². The minimum atomic E-state index is -2.31. The highest BCUT2D eigenvalue weighted by atomic mass is 32.2. The van der Waals surface area contributed by atoms with E-state index in [1.54, 1.807) is 6.92 Å². The van der Waals surface area contributed by atoms with Gasteiger partial charge in [-0.15, -0.1) is 0 Å². The number of nitrogens with two attached hydrogens (primary N) is 1. The van der Waals surface area contributed by atoms with Crippen LogP contribution in [0.3, 0.4) is 0 Å². The van der Waals surface area contributed by atoms with Gasteiger partial charge in [-0.3, -0.25) is 4.78 Å². The monoisotopic (exact) mass is 162 g/mol.